The van der Waals surface area contributed by atoms with Crippen LogP contribution < -0.4 is 16.3 Å². The summed E-state index contributed by atoms with van der Waals surface area (Å²) in [5.74, 6) is -0.391. The fraction of sp³-hybridized carbons (Fsp3) is 0.289. The molecule has 0 unspecified atom stereocenters. The van der Waals surface area contributed by atoms with Gasteiger partial charge in [-0.2, -0.15) is 23.5 Å². The van der Waals surface area contributed by atoms with Gasteiger partial charge in [-0.3, -0.25) is 9.36 Å². The zero-order chi connectivity index (χ0) is 37.6. The average molecular weight is 714 g/mol. The molecule has 5 aromatic rings. The van der Waals surface area contributed by atoms with Crippen LogP contribution in [0.2, 0.25) is 0 Å². The second kappa shape index (κ2) is 15.5. The van der Waals surface area contributed by atoms with Gasteiger partial charge in [-0.05, 0) is 68.3 Å². The number of alkyl halides is 3. The van der Waals surface area contributed by atoms with E-state index >= 15 is 0 Å². The Bertz CT molecular complexity index is 2090. The highest BCUT2D eigenvalue weighted by molar-refractivity contribution is 5.84. The van der Waals surface area contributed by atoms with Gasteiger partial charge in [0.15, 0.2) is 0 Å². The number of carbonyl (C=O) groups is 2. The van der Waals surface area contributed by atoms with Crippen LogP contribution in [0.1, 0.15) is 29.7 Å². The van der Waals surface area contributed by atoms with Gasteiger partial charge in [0.25, 0.3) is 0 Å². The summed E-state index contributed by atoms with van der Waals surface area (Å²) < 4.78 is 44.9. The first-order chi connectivity index (χ1) is 24.7. The number of halogens is 3. The molecule has 0 atom stereocenters. The van der Waals surface area contributed by atoms with E-state index in [1.807, 2.05) is 63.6 Å². The molecule has 270 valence electrons. The van der Waals surface area contributed by atoms with E-state index in [4.69, 9.17) is 0 Å². The normalized spacial score (nSPS) is 15.4. The van der Waals surface area contributed by atoms with E-state index in [2.05, 4.69) is 15.7 Å². The van der Waals surface area contributed by atoms with Crippen molar-refractivity contribution < 1.29 is 27.2 Å². The van der Waals surface area contributed by atoms with Crippen molar-refractivity contribution in [3.05, 3.63) is 124 Å². The van der Waals surface area contributed by atoms with Crippen LogP contribution in [0.25, 0.3) is 22.8 Å². The SMILES string of the molecule is Cc1c(-c2ccnn2-c2ccc(C#N)cc2)n(C(=O)NC2CC(C(=O)NCC[N+](C)(C)C)C2)c(=O)n1-c1cccc(C(F)(F)F)c1.c1ccccc1. The number of quaternary nitrogens is 1. The molecule has 2 heterocycles. The zero-order valence-corrected chi connectivity index (χ0v) is 29.3. The lowest BCUT2D eigenvalue weighted by atomic mass is 9.79. The first-order valence-corrected chi connectivity index (χ1v) is 16.6. The lowest BCUT2D eigenvalue weighted by Gasteiger charge is -2.35. The Morgan fingerprint density at radius 1 is 0.942 bits per heavy atom. The van der Waals surface area contributed by atoms with Crippen molar-refractivity contribution in [3.63, 3.8) is 0 Å². The number of likely N-dealkylation sites (N-methyl/N-ethyl adjacent to an activating group) is 1. The van der Waals surface area contributed by atoms with Gasteiger partial charge in [0.05, 0.1) is 80.4 Å². The number of nitrogens with one attached hydrogen (secondary N) is 2. The fourth-order valence-electron chi connectivity index (χ4n) is 5.82. The number of aromatic nitrogens is 4. The predicted molar refractivity (Wildman–Crippen MR) is 190 cm³/mol. The third-order valence-corrected chi connectivity index (χ3v) is 8.63. The molecule has 3 aromatic carbocycles. The van der Waals surface area contributed by atoms with E-state index in [-0.39, 0.29) is 34.9 Å². The number of nitriles is 1. The number of nitrogens with zero attached hydrogens (tertiary/aromatic N) is 6. The Morgan fingerprint density at radius 2 is 1.58 bits per heavy atom. The van der Waals surface area contributed by atoms with Crippen LogP contribution in [0, 0.1) is 24.2 Å². The van der Waals surface area contributed by atoms with Crippen LogP contribution in [-0.4, -0.2) is 75.6 Å². The van der Waals surface area contributed by atoms with Crippen molar-refractivity contribution >= 4 is 11.9 Å². The molecule has 1 saturated carbocycles. The molecule has 11 nitrogen and oxygen atoms in total. The Morgan fingerprint density at radius 3 is 2.15 bits per heavy atom. The summed E-state index contributed by atoms with van der Waals surface area (Å²) in [5, 5.41) is 19.3. The monoisotopic (exact) mass is 713 g/mol. The summed E-state index contributed by atoms with van der Waals surface area (Å²) >= 11 is 0. The number of hydrogen-bond acceptors (Lipinski definition) is 5. The Hall–Kier alpha value is -5.94. The van der Waals surface area contributed by atoms with Crippen molar-refractivity contribution in [3.8, 4) is 28.8 Å². The molecule has 1 aliphatic carbocycles. The molecule has 2 amide bonds. The molecular weight excluding hydrogens is 673 g/mol. The maximum Gasteiger partial charge on any atom is 0.416 e. The van der Waals surface area contributed by atoms with Crippen LogP contribution in [0.5, 0.6) is 0 Å². The van der Waals surface area contributed by atoms with Gasteiger partial charge in [0.1, 0.15) is 5.69 Å². The van der Waals surface area contributed by atoms with E-state index in [9.17, 15) is 32.8 Å². The van der Waals surface area contributed by atoms with Gasteiger partial charge in [-0.25, -0.2) is 18.8 Å². The average Bonchev–Trinajstić information content (AvgIpc) is 3.67. The molecule has 6 rings (SSSR count). The van der Waals surface area contributed by atoms with E-state index in [0.717, 1.165) is 27.8 Å². The quantitative estimate of drug-likeness (QED) is 0.205. The second-order valence-corrected chi connectivity index (χ2v) is 13.5. The molecular formula is C38H40F3N8O3+. The Balaban J connectivity index is 0.000000790. The highest BCUT2D eigenvalue weighted by atomic mass is 19.4. The largest absolute Gasteiger partial charge is 0.416 e. The van der Waals surface area contributed by atoms with Crippen molar-refractivity contribution in [2.24, 2.45) is 5.92 Å². The summed E-state index contributed by atoms with van der Waals surface area (Å²) in [6.45, 7) is 2.81. The van der Waals surface area contributed by atoms with Crippen molar-refractivity contribution in [1.82, 2.24) is 29.5 Å². The number of carbonyl (C=O) groups excluding carboxylic acids is 2. The van der Waals surface area contributed by atoms with Crippen molar-refractivity contribution in [2.75, 3.05) is 34.2 Å². The Labute approximate surface area is 299 Å². The van der Waals surface area contributed by atoms with Gasteiger partial charge >= 0.3 is 17.9 Å². The summed E-state index contributed by atoms with van der Waals surface area (Å²) in [4.78, 5) is 40.3. The number of imidazole rings is 1. The number of rotatable bonds is 8. The lowest BCUT2D eigenvalue weighted by molar-refractivity contribution is -0.869. The maximum absolute atomic E-state index is 14.0. The smallest absolute Gasteiger partial charge is 0.350 e. The molecule has 52 heavy (non-hydrogen) atoms. The Kier molecular flexibility index (Phi) is 11.1. The number of benzene rings is 3. The van der Waals surface area contributed by atoms with E-state index in [0.29, 0.717) is 40.8 Å². The van der Waals surface area contributed by atoms with Crippen molar-refractivity contribution in [1.29, 1.82) is 5.26 Å². The molecule has 1 fully saturated rings. The maximum atomic E-state index is 14.0. The molecule has 0 saturated heterocycles. The molecule has 0 bridgehead atoms. The number of hydrogen-bond donors (Lipinski definition) is 2. The number of amides is 2. The van der Waals surface area contributed by atoms with Gasteiger partial charge in [0.2, 0.25) is 5.91 Å². The van der Waals surface area contributed by atoms with Crippen LogP contribution in [0.4, 0.5) is 18.0 Å². The molecule has 0 radical (unpaired) electrons. The standard InChI is InChI=1S/C32H33F3N8O3.C6H6/c1-20-28(27-12-13-38-42(27)25-10-8-21(19-36)9-11-25)41(31(46)40(20)26-7-5-6-23(18-26)32(33,34)35)30(45)39-24-16-22(17-24)29(44)37-14-15-43(2,3)4;1-2-4-6-5-3-1/h5-13,18,22,24H,14-17H2,1-4H3,(H-,37,39,44,45);1-6H/p+1. The van der Waals surface area contributed by atoms with Gasteiger partial charge in [0, 0.05) is 12.0 Å². The molecule has 14 heteroatoms. The zero-order valence-electron chi connectivity index (χ0n) is 29.3. The molecule has 2 aromatic heterocycles. The topological polar surface area (TPSA) is 127 Å². The van der Waals surface area contributed by atoms with Crippen molar-refractivity contribution in [2.45, 2.75) is 32.0 Å². The highest BCUT2D eigenvalue weighted by Gasteiger charge is 2.37. The van der Waals surface area contributed by atoms with Gasteiger partial charge in [-0.15, -0.1) is 0 Å². The summed E-state index contributed by atoms with van der Waals surface area (Å²) in [5.41, 5.74) is -0.284. The highest BCUT2D eigenvalue weighted by Crippen LogP contribution is 2.33. The minimum atomic E-state index is -4.65. The van der Waals surface area contributed by atoms with Crippen LogP contribution in [0.15, 0.2) is 102 Å². The van der Waals surface area contributed by atoms with Gasteiger partial charge < -0.3 is 15.1 Å². The third kappa shape index (κ3) is 8.67. The third-order valence-electron chi connectivity index (χ3n) is 8.63. The van der Waals surface area contributed by atoms with Crippen LogP contribution in [0.3, 0.4) is 0 Å². The van der Waals surface area contributed by atoms with E-state index in [1.54, 1.807) is 30.3 Å². The fourth-order valence-corrected chi connectivity index (χ4v) is 5.82. The molecule has 2 N–H and O–H groups in total. The van der Waals surface area contributed by atoms with E-state index in [1.165, 1.54) is 29.9 Å². The van der Waals surface area contributed by atoms with Crippen LogP contribution >= 0.6 is 0 Å². The summed E-state index contributed by atoms with van der Waals surface area (Å²) in [6.07, 6.45) is -2.43. The first kappa shape index (κ1) is 37.3. The van der Waals surface area contributed by atoms with E-state index < -0.39 is 23.5 Å². The lowest BCUT2D eigenvalue weighted by Crippen LogP contribution is -2.52. The molecule has 0 spiro atoms. The minimum Gasteiger partial charge on any atom is -0.350 e. The van der Waals surface area contributed by atoms with Crippen LogP contribution in [-0.2, 0) is 11.0 Å². The van der Waals surface area contributed by atoms with Gasteiger partial charge in [-0.1, -0.05) is 42.5 Å². The molecule has 0 aliphatic heterocycles. The minimum absolute atomic E-state index is 0.0659. The first-order valence-electron chi connectivity index (χ1n) is 16.6. The second-order valence-electron chi connectivity index (χ2n) is 13.5. The predicted octanol–water partition coefficient (Wildman–Crippen LogP) is 5.54. The summed E-state index contributed by atoms with van der Waals surface area (Å²) in [6, 6.07) is 25.2. The molecule has 1 aliphatic rings. The summed E-state index contributed by atoms with van der Waals surface area (Å²) in [7, 11) is 6.07.